The van der Waals surface area contributed by atoms with Gasteiger partial charge in [-0.05, 0) is 35.2 Å². The maximum atomic E-state index is 10.5. The average Bonchev–Trinajstić information content (AvgIpc) is 2.51. The smallest absolute Gasteiger partial charge is 0.0885 e. The van der Waals surface area contributed by atoms with E-state index < -0.39 is 6.10 Å². The highest BCUT2D eigenvalue weighted by Crippen LogP contribution is 2.29. The lowest BCUT2D eigenvalue weighted by atomic mass is 9.84. The third-order valence-corrected chi connectivity index (χ3v) is 4.24. The fraction of sp³-hybridized carbons (Fsp3) is 0.786. The molecule has 0 radical (unpaired) electrons. The highest BCUT2D eigenvalue weighted by atomic mass is 79.9. The van der Waals surface area contributed by atoms with E-state index in [1.54, 1.807) is 0 Å². The van der Waals surface area contributed by atoms with Crippen LogP contribution >= 0.6 is 15.9 Å². The molecular weight excluding hydrogens is 308 g/mol. The van der Waals surface area contributed by atoms with Crippen LogP contribution in [-0.2, 0) is 18.2 Å². The van der Waals surface area contributed by atoms with Gasteiger partial charge in [-0.2, -0.15) is 5.10 Å². The molecule has 0 saturated heterocycles. The van der Waals surface area contributed by atoms with Crippen LogP contribution in [-0.4, -0.2) is 33.7 Å². The lowest BCUT2D eigenvalue weighted by molar-refractivity contribution is -0.0878. The lowest BCUT2D eigenvalue weighted by Crippen LogP contribution is -2.41. The largest absolute Gasteiger partial charge is 0.390 e. The second kappa shape index (κ2) is 6.37. The van der Waals surface area contributed by atoms with Gasteiger partial charge in [0.25, 0.3) is 0 Å². The van der Waals surface area contributed by atoms with E-state index in [0.717, 1.165) is 15.9 Å². The van der Waals surface area contributed by atoms with E-state index in [4.69, 9.17) is 4.74 Å². The quantitative estimate of drug-likeness (QED) is 0.901. The molecule has 0 spiro atoms. The molecule has 5 heteroatoms. The molecule has 1 aromatic rings. The summed E-state index contributed by atoms with van der Waals surface area (Å²) in [5.74, 6) is 0. The summed E-state index contributed by atoms with van der Waals surface area (Å²) in [4.78, 5) is 0. The van der Waals surface area contributed by atoms with Crippen molar-refractivity contribution in [3.05, 3.63) is 15.9 Å². The van der Waals surface area contributed by atoms with Crippen LogP contribution in [0.15, 0.2) is 4.47 Å². The second-order valence-corrected chi connectivity index (χ2v) is 6.78. The highest BCUT2D eigenvalue weighted by Gasteiger charge is 2.33. The molecule has 0 fully saturated rings. The van der Waals surface area contributed by atoms with E-state index in [1.807, 2.05) is 25.6 Å². The Morgan fingerprint density at radius 3 is 2.37 bits per heavy atom. The molecule has 2 atom stereocenters. The third-order valence-electron chi connectivity index (χ3n) is 3.21. The number of aromatic nitrogens is 2. The van der Waals surface area contributed by atoms with Crippen molar-refractivity contribution in [2.24, 2.45) is 12.5 Å². The molecule has 0 aliphatic heterocycles. The summed E-state index contributed by atoms with van der Waals surface area (Å²) in [6.07, 6.45) is -0.217. The van der Waals surface area contributed by atoms with Crippen LogP contribution in [0.1, 0.15) is 39.1 Å². The number of rotatable bonds is 5. The predicted molar refractivity (Wildman–Crippen MR) is 80.2 cm³/mol. The molecule has 1 aromatic heterocycles. The minimum Gasteiger partial charge on any atom is -0.390 e. The topological polar surface area (TPSA) is 47.3 Å². The standard InChI is InChI=1S/C14H25BrN2O2/c1-7-19-13(14(3,4)5)11(18)8-10-12(15)9(2)16-17(10)6/h11,13,18H,7-8H2,1-6H3. The van der Waals surface area contributed by atoms with Crippen molar-refractivity contribution >= 4 is 15.9 Å². The Kier molecular flexibility index (Phi) is 5.59. The first-order valence-corrected chi connectivity index (χ1v) is 7.45. The Labute approximate surface area is 124 Å². The first-order chi connectivity index (χ1) is 8.68. The molecule has 1 heterocycles. The zero-order valence-corrected chi connectivity index (χ0v) is 14.3. The third kappa shape index (κ3) is 4.04. The van der Waals surface area contributed by atoms with E-state index in [0.29, 0.717) is 13.0 Å². The highest BCUT2D eigenvalue weighted by molar-refractivity contribution is 9.10. The molecule has 110 valence electrons. The SMILES string of the molecule is CCOC(C(O)Cc1c(Br)c(C)nn1C)C(C)(C)C. The van der Waals surface area contributed by atoms with Gasteiger partial charge >= 0.3 is 0 Å². The van der Waals surface area contributed by atoms with Crippen molar-refractivity contribution in [2.45, 2.75) is 53.2 Å². The zero-order valence-electron chi connectivity index (χ0n) is 12.7. The number of aryl methyl sites for hydroxylation is 2. The van der Waals surface area contributed by atoms with Crippen LogP contribution in [0, 0.1) is 12.3 Å². The van der Waals surface area contributed by atoms with Gasteiger partial charge in [-0.3, -0.25) is 4.68 Å². The Bertz CT molecular complexity index is 424. The minimum absolute atomic E-state index is 0.102. The summed E-state index contributed by atoms with van der Waals surface area (Å²) in [5, 5.41) is 14.8. The van der Waals surface area contributed by atoms with Crippen LogP contribution in [0.2, 0.25) is 0 Å². The van der Waals surface area contributed by atoms with Crippen LogP contribution in [0.4, 0.5) is 0 Å². The van der Waals surface area contributed by atoms with E-state index in [9.17, 15) is 5.11 Å². The number of aliphatic hydroxyl groups excluding tert-OH is 1. The summed E-state index contributed by atoms with van der Waals surface area (Å²) in [7, 11) is 1.90. The van der Waals surface area contributed by atoms with Crippen molar-refractivity contribution in [3.63, 3.8) is 0 Å². The molecule has 4 nitrogen and oxygen atoms in total. The van der Waals surface area contributed by atoms with Crippen LogP contribution in [0.25, 0.3) is 0 Å². The summed E-state index contributed by atoms with van der Waals surface area (Å²) in [5.41, 5.74) is 1.84. The molecule has 1 rings (SSSR count). The number of ether oxygens (including phenoxy) is 1. The predicted octanol–water partition coefficient (Wildman–Crippen LogP) is 2.85. The number of hydrogen-bond acceptors (Lipinski definition) is 3. The molecule has 0 aliphatic carbocycles. The molecular formula is C14H25BrN2O2. The molecule has 0 amide bonds. The van der Waals surface area contributed by atoms with E-state index in [-0.39, 0.29) is 11.5 Å². The molecule has 19 heavy (non-hydrogen) atoms. The summed E-state index contributed by atoms with van der Waals surface area (Å²) >= 11 is 3.53. The van der Waals surface area contributed by atoms with Crippen molar-refractivity contribution in [1.29, 1.82) is 0 Å². The van der Waals surface area contributed by atoms with Gasteiger partial charge in [0.05, 0.1) is 28.1 Å². The Hall–Kier alpha value is -0.390. The van der Waals surface area contributed by atoms with Gasteiger partial charge < -0.3 is 9.84 Å². The summed E-state index contributed by atoms with van der Waals surface area (Å²) in [6, 6.07) is 0. The van der Waals surface area contributed by atoms with Crippen LogP contribution in [0.5, 0.6) is 0 Å². The minimum atomic E-state index is -0.550. The molecule has 0 bridgehead atoms. The van der Waals surface area contributed by atoms with E-state index in [1.165, 1.54) is 0 Å². The van der Waals surface area contributed by atoms with Gasteiger partial charge in [0, 0.05) is 20.1 Å². The monoisotopic (exact) mass is 332 g/mol. The average molecular weight is 333 g/mol. The van der Waals surface area contributed by atoms with E-state index in [2.05, 4.69) is 41.8 Å². The van der Waals surface area contributed by atoms with Crippen molar-refractivity contribution in [3.8, 4) is 0 Å². The van der Waals surface area contributed by atoms with Crippen molar-refractivity contribution < 1.29 is 9.84 Å². The maximum absolute atomic E-state index is 10.5. The fourth-order valence-electron chi connectivity index (χ4n) is 2.32. The van der Waals surface area contributed by atoms with Crippen LogP contribution < -0.4 is 0 Å². The van der Waals surface area contributed by atoms with Crippen LogP contribution in [0.3, 0.4) is 0 Å². The van der Waals surface area contributed by atoms with Gasteiger partial charge in [0.2, 0.25) is 0 Å². The summed E-state index contributed by atoms with van der Waals surface area (Å²) in [6.45, 7) is 10.8. The Morgan fingerprint density at radius 1 is 1.42 bits per heavy atom. The van der Waals surface area contributed by atoms with Gasteiger partial charge in [-0.1, -0.05) is 20.8 Å². The Balaban J connectivity index is 2.90. The van der Waals surface area contributed by atoms with Gasteiger partial charge in [0.1, 0.15) is 0 Å². The maximum Gasteiger partial charge on any atom is 0.0885 e. The molecule has 2 unspecified atom stereocenters. The second-order valence-electron chi connectivity index (χ2n) is 5.98. The molecule has 0 aliphatic rings. The molecule has 0 saturated carbocycles. The van der Waals surface area contributed by atoms with E-state index >= 15 is 0 Å². The fourth-order valence-corrected chi connectivity index (χ4v) is 2.82. The van der Waals surface area contributed by atoms with Gasteiger partial charge in [-0.15, -0.1) is 0 Å². The lowest BCUT2D eigenvalue weighted by Gasteiger charge is -2.34. The number of halogens is 1. The van der Waals surface area contributed by atoms with Gasteiger partial charge in [0.15, 0.2) is 0 Å². The first kappa shape index (κ1) is 16.7. The molecule has 0 aromatic carbocycles. The normalized spacial score (nSPS) is 15.6. The van der Waals surface area contributed by atoms with Crippen molar-refractivity contribution in [2.75, 3.05) is 6.61 Å². The Morgan fingerprint density at radius 2 is 2.00 bits per heavy atom. The number of hydrogen-bond donors (Lipinski definition) is 1. The summed E-state index contributed by atoms with van der Waals surface area (Å²) < 4.78 is 8.52. The zero-order chi connectivity index (χ0) is 14.8. The molecule has 1 N–H and O–H groups in total. The van der Waals surface area contributed by atoms with Crippen molar-refractivity contribution in [1.82, 2.24) is 9.78 Å². The van der Waals surface area contributed by atoms with Gasteiger partial charge in [-0.25, -0.2) is 0 Å². The number of aliphatic hydroxyl groups is 1. The first-order valence-electron chi connectivity index (χ1n) is 6.66. The number of nitrogens with zero attached hydrogens (tertiary/aromatic N) is 2.